The summed E-state index contributed by atoms with van der Waals surface area (Å²) < 4.78 is 10.6. The summed E-state index contributed by atoms with van der Waals surface area (Å²) in [6.07, 6.45) is 2.62. The van der Waals surface area contributed by atoms with Crippen molar-refractivity contribution in [3.05, 3.63) is 0 Å². The van der Waals surface area contributed by atoms with Gasteiger partial charge in [-0.1, -0.05) is 30.9 Å². The highest BCUT2D eigenvalue weighted by molar-refractivity contribution is 8.47. The van der Waals surface area contributed by atoms with Gasteiger partial charge in [0.05, 0.1) is 6.61 Å². The van der Waals surface area contributed by atoms with Crippen molar-refractivity contribution in [2.45, 2.75) is 18.6 Å². The molecule has 1 unspecified atom stereocenters. The molecule has 0 aliphatic rings. The third-order valence-electron chi connectivity index (χ3n) is 1.57. The lowest BCUT2D eigenvalue weighted by Crippen LogP contribution is -2.22. The molecule has 0 rings (SSSR count). The Bertz CT molecular complexity index is 209. The molecule has 0 heterocycles. The fourth-order valence-electron chi connectivity index (χ4n) is 0.781. The van der Waals surface area contributed by atoms with Gasteiger partial charge in [-0.05, 0) is 12.7 Å². The molecule has 0 saturated heterocycles. The van der Waals surface area contributed by atoms with Crippen molar-refractivity contribution < 1.29 is 14.3 Å². The Balaban J connectivity index is 3.93. The minimum atomic E-state index is -0.212. The molecular formula is C9H16O3S3. The number of ether oxygens (including phenoxy) is 2. The Morgan fingerprint density at radius 2 is 2.13 bits per heavy atom. The monoisotopic (exact) mass is 268 g/mol. The molecule has 0 aromatic carbocycles. The molecule has 88 valence electrons. The van der Waals surface area contributed by atoms with E-state index in [-0.39, 0.29) is 11.2 Å². The van der Waals surface area contributed by atoms with Crippen molar-refractivity contribution in [2.75, 3.05) is 26.6 Å². The van der Waals surface area contributed by atoms with Crippen molar-refractivity contribution in [3.63, 3.8) is 0 Å². The van der Waals surface area contributed by atoms with Crippen LogP contribution in [0.25, 0.3) is 0 Å². The number of hydrogen-bond acceptors (Lipinski definition) is 6. The Morgan fingerprint density at radius 1 is 1.47 bits per heavy atom. The van der Waals surface area contributed by atoms with E-state index in [1.807, 2.05) is 13.2 Å². The summed E-state index contributed by atoms with van der Waals surface area (Å²) in [5.41, 5.74) is 0. The van der Waals surface area contributed by atoms with Gasteiger partial charge in [0.25, 0.3) is 0 Å². The average Bonchev–Trinajstić information content (AvgIpc) is 2.25. The second-order valence-electron chi connectivity index (χ2n) is 2.63. The van der Waals surface area contributed by atoms with Crippen molar-refractivity contribution in [3.8, 4) is 0 Å². The average molecular weight is 268 g/mol. The first-order valence-corrected chi connectivity index (χ1v) is 7.07. The molecule has 0 fully saturated rings. The summed E-state index contributed by atoms with van der Waals surface area (Å²) in [5, 5.41) is -0.193. The summed E-state index contributed by atoms with van der Waals surface area (Å²) in [4.78, 5) is 11.5. The molecular weight excluding hydrogens is 252 g/mol. The van der Waals surface area contributed by atoms with E-state index in [9.17, 15) is 4.79 Å². The number of carbonyl (C=O) groups excluding carboxylic acids is 1. The first-order valence-electron chi connectivity index (χ1n) is 4.55. The number of esters is 1. The minimum absolute atomic E-state index is 0.193. The molecule has 0 aromatic rings. The SMILES string of the molecule is CCC(SC(=S)SC)C(=O)OCCOC. The molecule has 0 spiro atoms. The molecule has 6 heteroatoms. The summed E-state index contributed by atoms with van der Waals surface area (Å²) in [7, 11) is 1.57. The van der Waals surface area contributed by atoms with Crippen molar-refractivity contribution in [2.24, 2.45) is 0 Å². The van der Waals surface area contributed by atoms with E-state index < -0.39 is 0 Å². The Hall–Kier alpha value is 0.220. The molecule has 0 amide bonds. The van der Waals surface area contributed by atoms with E-state index >= 15 is 0 Å². The zero-order chi connectivity index (χ0) is 11.7. The number of thioether (sulfide) groups is 2. The molecule has 1 atom stereocenters. The molecule has 0 aromatic heterocycles. The van der Waals surface area contributed by atoms with Gasteiger partial charge in [0.2, 0.25) is 0 Å². The van der Waals surface area contributed by atoms with Gasteiger partial charge in [-0.15, -0.1) is 11.8 Å². The zero-order valence-electron chi connectivity index (χ0n) is 9.15. The fraction of sp³-hybridized carbons (Fsp3) is 0.778. The minimum Gasteiger partial charge on any atom is -0.462 e. The van der Waals surface area contributed by atoms with Crippen LogP contribution in [0, 0.1) is 0 Å². The summed E-state index contributed by atoms with van der Waals surface area (Å²) in [6, 6.07) is 0. The van der Waals surface area contributed by atoms with Gasteiger partial charge in [0.15, 0.2) is 0 Å². The van der Waals surface area contributed by atoms with Gasteiger partial charge < -0.3 is 9.47 Å². The molecule has 0 aliphatic carbocycles. The first-order chi connectivity index (χ1) is 7.15. The van der Waals surface area contributed by atoms with Crippen LogP contribution in [0.1, 0.15) is 13.3 Å². The summed E-state index contributed by atoms with van der Waals surface area (Å²) >= 11 is 7.91. The lowest BCUT2D eigenvalue weighted by molar-refractivity contribution is -0.144. The van der Waals surface area contributed by atoms with Gasteiger partial charge >= 0.3 is 5.97 Å². The van der Waals surface area contributed by atoms with E-state index in [0.29, 0.717) is 13.2 Å². The summed E-state index contributed by atoms with van der Waals surface area (Å²) in [5.74, 6) is -0.212. The first kappa shape index (κ1) is 15.2. The number of hydrogen-bond donors (Lipinski definition) is 0. The fourth-order valence-corrected chi connectivity index (χ4v) is 2.43. The maximum atomic E-state index is 11.5. The molecule has 0 saturated carbocycles. The molecule has 3 nitrogen and oxygen atoms in total. The van der Waals surface area contributed by atoms with Crippen LogP contribution in [-0.4, -0.2) is 41.3 Å². The largest absolute Gasteiger partial charge is 0.462 e. The number of methoxy groups -OCH3 is 1. The highest BCUT2D eigenvalue weighted by Crippen LogP contribution is 2.23. The number of carbonyl (C=O) groups is 1. The molecule has 0 aliphatic heterocycles. The third-order valence-corrected chi connectivity index (χ3v) is 4.48. The summed E-state index contributed by atoms with van der Waals surface area (Å²) in [6.45, 7) is 2.68. The van der Waals surface area contributed by atoms with Crippen LogP contribution in [0.4, 0.5) is 0 Å². The van der Waals surface area contributed by atoms with E-state index in [2.05, 4.69) is 0 Å². The maximum absolute atomic E-state index is 11.5. The Kier molecular flexibility index (Phi) is 9.58. The van der Waals surface area contributed by atoms with Crippen molar-refractivity contribution in [1.82, 2.24) is 0 Å². The Morgan fingerprint density at radius 3 is 2.60 bits per heavy atom. The second-order valence-corrected chi connectivity index (χ2v) is 5.84. The van der Waals surface area contributed by atoms with Crippen LogP contribution in [0.2, 0.25) is 0 Å². The number of rotatable bonds is 6. The van der Waals surface area contributed by atoms with E-state index in [4.69, 9.17) is 21.7 Å². The molecule has 0 bridgehead atoms. The predicted octanol–water partition coefficient (Wildman–Crippen LogP) is 2.34. The highest BCUT2D eigenvalue weighted by Gasteiger charge is 2.20. The third kappa shape index (κ3) is 7.16. The van der Waals surface area contributed by atoms with E-state index in [0.717, 1.165) is 9.95 Å². The maximum Gasteiger partial charge on any atom is 0.319 e. The van der Waals surface area contributed by atoms with E-state index in [1.165, 1.54) is 23.5 Å². The van der Waals surface area contributed by atoms with E-state index in [1.54, 1.807) is 7.11 Å². The van der Waals surface area contributed by atoms with Crippen LogP contribution in [0.5, 0.6) is 0 Å². The van der Waals surface area contributed by atoms with Crippen LogP contribution in [0.3, 0.4) is 0 Å². The molecule has 0 N–H and O–H groups in total. The smallest absolute Gasteiger partial charge is 0.319 e. The molecule has 15 heavy (non-hydrogen) atoms. The lowest BCUT2D eigenvalue weighted by Gasteiger charge is -2.13. The standard InChI is InChI=1S/C9H16O3S3/c1-4-7(15-9(13)14-3)8(10)12-6-5-11-2/h7H,4-6H2,1-3H3. The van der Waals surface area contributed by atoms with Crippen LogP contribution in [-0.2, 0) is 14.3 Å². The quantitative estimate of drug-likeness (QED) is 0.418. The second kappa shape index (κ2) is 9.45. The van der Waals surface area contributed by atoms with Crippen LogP contribution < -0.4 is 0 Å². The van der Waals surface area contributed by atoms with Crippen molar-refractivity contribution in [1.29, 1.82) is 0 Å². The normalized spacial score (nSPS) is 12.2. The lowest BCUT2D eigenvalue weighted by atomic mass is 10.3. The highest BCUT2D eigenvalue weighted by atomic mass is 32.2. The van der Waals surface area contributed by atoms with Crippen LogP contribution >= 0.6 is 35.7 Å². The van der Waals surface area contributed by atoms with Gasteiger partial charge in [-0.25, -0.2) is 0 Å². The van der Waals surface area contributed by atoms with Crippen LogP contribution in [0.15, 0.2) is 0 Å². The number of thiocarbonyl (C=S) groups is 1. The van der Waals surface area contributed by atoms with Gasteiger partial charge in [0, 0.05) is 7.11 Å². The predicted molar refractivity (Wildman–Crippen MR) is 70.6 cm³/mol. The van der Waals surface area contributed by atoms with Gasteiger partial charge in [0.1, 0.15) is 15.4 Å². The van der Waals surface area contributed by atoms with Gasteiger partial charge in [-0.2, -0.15) is 0 Å². The molecule has 0 radical (unpaired) electrons. The topological polar surface area (TPSA) is 35.5 Å². The van der Waals surface area contributed by atoms with Gasteiger partial charge in [-0.3, -0.25) is 4.79 Å². The van der Waals surface area contributed by atoms with Crippen molar-refractivity contribution >= 4 is 45.2 Å². The zero-order valence-corrected chi connectivity index (χ0v) is 11.6. The Labute approximate surface area is 105 Å².